The van der Waals surface area contributed by atoms with Crippen molar-refractivity contribution in [1.29, 1.82) is 0 Å². The topological polar surface area (TPSA) is 54.7 Å². The van der Waals surface area contributed by atoms with Gasteiger partial charge in [0.2, 0.25) is 0 Å². The monoisotopic (exact) mass is 279 g/mol. The van der Waals surface area contributed by atoms with Gasteiger partial charge in [0.1, 0.15) is 5.82 Å². The molecule has 0 spiro atoms. The lowest BCUT2D eigenvalue weighted by Gasteiger charge is -2.08. The number of benzene rings is 1. The SMILES string of the molecule is CC(C)c1c(N)n[nH]c1-c1ccccc1Br. The number of hydrogen-bond donors (Lipinski definition) is 2. The maximum absolute atomic E-state index is 5.87. The molecule has 4 heteroatoms. The Hall–Kier alpha value is -1.29. The van der Waals surface area contributed by atoms with Gasteiger partial charge in [-0.05, 0) is 12.0 Å². The first-order valence-electron chi connectivity index (χ1n) is 5.20. The fourth-order valence-electron chi connectivity index (χ4n) is 1.82. The molecule has 3 N–H and O–H groups in total. The van der Waals surface area contributed by atoms with Gasteiger partial charge in [0.25, 0.3) is 0 Å². The summed E-state index contributed by atoms with van der Waals surface area (Å²) in [7, 11) is 0. The van der Waals surface area contributed by atoms with Gasteiger partial charge in [-0.25, -0.2) is 0 Å². The molecular formula is C12H14BrN3. The van der Waals surface area contributed by atoms with Gasteiger partial charge in [0, 0.05) is 15.6 Å². The first kappa shape index (κ1) is 11.2. The van der Waals surface area contributed by atoms with Crippen molar-refractivity contribution in [2.75, 3.05) is 5.73 Å². The molecule has 0 aliphatic carbocycles. The number of rotatable bonds is 2. The van der Waals surface area contributed by atoms with Crippen molar-refractivity contribution in [2.24, 2.45) is 0 Å². The summed E-state index contributed by atoms with van der Waals surface area (Å²) in [6, 6.07) is 8.04. The van der Waals surface area contributed by atoms with E-state index in [9.17, 15) is 0 Å². The quantitative estimate of drug-likeness (QED) is 0.884. The summed E-state index contributed by atoms with van der Waals surface area (Å²) in [5.74, 6) is 0.932. The van der Waals surface area contributed by atoms with Crippen LogP contribution in [-0.4, -0.2) is 10.2 Å². The molecule has 0 fully saturated rings. The van der Waals surface area contributed by atoms with E-state index in [1.54, 1.807) is 0 Å². The molecular weight excluding hydrogens is 266 g/mol. The summed E-state index contributed by atoms with van der Waals surface area (Å²) in [6.45, 7) is 4.23. The Balaban J connectivity index is 2.61. The molecule has 0 saturated heterocycles. The molecule has 2 rings (SSSR count). The van der Waals surface area contributed by atoms with E-state index in [4.69, 9.17) is 5.73 Å². The van der Waals surface area contributed by atoms with Crippen LogP contribution < -0.4 is 5.73 Å². The minimum Gasteiger partial charge on any atom is -0.382 e. The van der Waals surface area contributed by atoms with Gasteiger partial charge < -0.3 is 5.73 Å². The van der Waals surface area contributed by atoms with Crippen molar-refractivity contribution >= 4 is 21.7 Å². The Morgan fingerprint density at radius 1 is 1.31 bits per heavy atom. The molecule has 0 unspecified atom stereocenters. The third kappa shape index (κ3) is 1.85. The van der Waals surface area contributed by atoms with E-state index in [1.807, 2.05) is 24.3 Å². The lowest BCUT2D eigenvalue weighted by atomic mass is 9.99. The zero-order chi connectivity index (χ0) is 11.7. The highest BCUT2D eigenvalue weighted by atomic mass is 79.9. The summed E-state index contributed by atoms with van der Waals surface area (Å²) in [4.78, 5) is 0. The molecule has 0 atom stereocenters. The minimum absolute atomic E-state index is 0.348. The van der Waals surface area contributed by atoms with Crippen LogP contribution in [0.2, 0.25) is 0 Å². The first-order chi connectivity index (χ1) is 7.61. The summed E-state index contributed by atoms with van der Waals surface area (Å²) in [5.41, 5.74) is 9.04. The fraction of sp³-hybridized carbons (Fsp3) is 0.250. The molecule has 0 saturated carbocycles. The van der Waals surface area contributed by atoms with Crippen molar-refractivity contribution in [3.8, 4) is 11.3 Å². The Labute approximate surface area is 103 Å². The third-order valence-electron chi connectivity index (χ3n) is 2.55. The van der Waals surface area contributed by atoms with Gasteiger partial charge >= 0.3 is 0 Å². The van der Waals surface area contributed by atoms with Crippen LogP contribution in [0.4, 0.5) is 5.82 Å². The second-order valence-corrected chi connectivity index (χ2v) is 4.89. The number of halogens is 1. The van der Waals surface area contributed by atoms with Crippen molar-refractivity contribution < 1.29 is 0 Å². The average Bonchev–Trinajstić information content (AvgIpc) is 2.61. The van der Waals surface area contributed by atoms with E-state index in [1.165, 1.54) is 0 Å². The number of nitrogen functional groups attached to an aromatic ring is 1. The highest BCUT2D eigenvalue weighted by Gasteiger charge is 2.16. The number of anilines is 1. The number of nitrogens with two attached hydrogens (primary N) is 1. The van der Waals surface area contributed by atoms with Gasteiger partial charge in [0.15, 0.2) is 0 Å². The van der Waals surface area contributed by atoms with Crippen molar-refractivity contribution in [1.82, 2.24) is 10.2 Å². The van der Waals surface area contributed by atoms with Crippen LogP contribution in [0.1, 0.15) is 25.3 Å². The van der Waals surface area contributed by atoms with E-state index in [-0.39, 0.29) is 0 Å². The number of nitrogens with one attached hydrogen (secondary N) is 1. The van der Waals surface area contributed by atoms with E-state index < -0.39 is 0 Å². The molecule has 0 amide bonds. The van der Waals surface area contributed by atoms with E-state index in [2.05, 4.69) is 40.0 Å². The largest absolute Gasteiger partial charge is 0.382 e. The second kappa shape index (κ2) is 4.29. The Morgan fingerprint density at radius 2 is 2.00 bits per heavy atom. The maximum atomic E-state index is 5.87. The molecule has 0 aliphatic rings. The number of H-pyrrole nitrogens is 1. The van der Waals surface area contributed by atoms with Crippen LogP contribution in [0, 0.1) is 0 Å². The van der Waals surface area contributed by atoms with Crippen LogP contribution in [0.3, 0.4) is 0 Å². The van der Waals surface area contributed by atoms with Crippen molar-refractivity contribution in [3.05, 3.63) is 34.3 Å². The molecule has 2 aromatic rings. The van der Waals surface area contributed by atoms with Crippen LogP contribution in [0.5, 0.6) is 0 Å². The Bertz CT molecular complexity index is 503. The minimum atomic E-state index is 0.348. The van der Waals surface area contributed by atoms with Crippen LogP contribution in [-0.2, 0) is 0 Å². The summed E-state index contributed by atoms with van der Waals surface area (Å²) in [6.07, 6.45) is 0. The smallest absolute Gasteiger partial charge is 0.149 e. The zero-order valence-corrected chi connectivity index (χ0v) is 10.9. The van der Waals surface area contributed by atoms with Crippen LogP contribution in [0.15, 0.2) is 28.7 Å². The molecule has 0 bridgehead atoms. The van der Waals surface area contributed by atoms with E-state index in [0.29, 0.717) is 11.7 Å². The highest BCUT2D eigenvalue weighted by Crippen LogP contribution is 2.34. The maximum Gasteiger partial charge on any atom is 0.149 e. The van der Waals surface area contributed by atoms with Crippen LogP contribution in [0.25, 0.3) is 11.3 Å². The van der Waals surface area contributed by atoms with Gasteiger partial charge in [-0.15, -0.1) is 0 Å². The standard InChI is InChI=1S/C12H14BrN3/c1-7(2)10-11(15-16-12(10)14)8-5-3-4-6-9(8)13/h3-7H,1-2H3,(H3,14,15,16). The predicted octanol–water partition coefficient (Wildman–Crippen LogP) is 3.54. The molecule has 1 aromatic heterocycles. The number of hydrogen-bond acceptors (Lipinski definition) is 2. The second-order valence-electron chi connectivity index (χ2n) is 4.03. The lowest BCUT2D eigenvalue weighted by molar-refractivity contribution is 0.873. The molecule has 16 heavy (non-hydrogen) atoms. The molecule has 1 heterocycles. The number of nitrogens with zero attached hydrogens (tertiary/aromatic N) is 1. The third-order valence-corrected chi connectivity index (χ3v) is 3.25. The normalized spacial score (nSPS) is 11.0. The predicted molar refractivity (Wildman–Crippen MR) is 70.2 cm³/mol. The fourth-order valence-corrected chi connectivity index (χ4v) is 2.30. The number of aromatic amines is 1. The highest BCUT2D eigenvalue weighted by molar-refractivity contribution is 9.10. The zero-order valence-electron chi connectivity index (χ0n) is 9.29. The summed E-state index contributed by atoms with van der Waals surface area (Å²) < 4.78 is 1.04. The summed E-state index contributed by atoms with van der Waals surface area (Å²) in [5, 5.41) is 7.09. The summed E-state index contributed by atoms with van der Waals surface area (Å²) >= 11 is 3.54. The van der Waals surface area contributed by atoms with Gasteiger partial charge in [0.05, 0.1) is 5.69 Å². The van der Waals surface area contributed by atoms with Crippen molar-refractivity contribution in [3.63, 3.8) is 0 Å². The van der Waals surface area contributed by atoms with Gasteiger partial charge in [-0.3, -0.25) is 5.10 Å². The van der Waals surface area contributed by atoms with E-state index >= 15 is 0 Å². The molecule has 0 aliphatic heterocycles. The molecule has 1 aromatic carbocycles. The van der Waals surface area contributed by atoms with Gasteiger partial charge in [-0.2, -0.15) is 5.10 Å². The van der Waals surface area contributed by atoms with E-state index in [0.717, 1.165) is 21.3 Å². The molecule has 3 nitrogen and oxygen atoms in total. The van der Waals surface area contributed by atoms with Gasteiger partial charge in [-0.1, -0.05) is 48.0 Å². The number of aromatic nitrogens is 2. The first-order valence-corrected chi connectivity index (χ1v) is 5.99. The molecule has 84 valence electrons. The lowest BCUT2D eigenvalue weighted by Crippen LogP contribution is -1.95. The van der Waals surface area contributed by atoms with Crippen LogP contribution >= 0.6 is 15.9 Å². The Kier molecular flexibility index (Phi) is 3.01. The average molecular weight is 280 g/mol. The molecule has 0 radical (unpaired) electrons. The van der Waals surface area contributed by atoms with Crippen molar-refractivity contribution in [2.45, 2.75) is 19.8 Å². The Morgan fingerprint density at radius 3 is 2.62 bits per heavy atom.